The molecule has 4 rings (SSSR count). The van der Waals surface area contributed by atoms with Crippen molar-refractivity contribution < 1.29 is 45.8 Å². The van der Waals surface area contributed by atoms with E-state index in [0.29, 0.717) is 30.7 Å². The topological polar surface area (TPSA) is 136 Å². The summed E-state index contributed by atoms with van der Waals surface area (Å²) in [5.41, 5.74) is 0.276. The Bertz CT molecular complexity index is 1280. The normalized spacial score (nSPS) is 19.2. The standard InChI is InChI=1S/C25H35F3N8O2.C2HF3O2/c1-29-22-31-23(33-24(32-22)36-14-12-34(2)13-15-36)35(3)19-10-8-17(9-11-19)21(37)30-16-18-6-4-5-7-20(18)38-25(26,27)28;3-2(4,5)1(6)7/h4-7,17,19H,8-16H2,1-3H3,(H,30,37)(H,29,31,32,33);(H,6,7). The lowest BCUT2D eigenvalue weighted by Gasteiger charge is -2.35. The first-order chi connectivity index (χ1) is 21.1. The molecule has 2 heterocycles. The van der Waals surface area contributed by atoms with Crippen molar-refractivity contribution in [2.45, 2.75) is 50.8 Å². The Morgan fingerprint density at radius 3 is 2.16 bits per heavy atom. The molecule has 2 aliphatic rings. The van der Waals surface area contributed by atoms with E-state index in [9.17, 15) is 31.1 Å². The highest BCUT2D eigenvalue weighted by atomic mass is 19.4. The second-order valence-corrected chi connectivity index (χ2v) is 10.6. The van der Waals surface area contributed by atoms with Crippen molar-refractivity contribution in [3.63, 3.8) is 0 Å². The van der Waals surface area contributed by atoms with E-state index < -0.39 is 18.5 Å². The molecule has 250 valence electrons. The van der Waals surface area contributed by atoms with Gasteiger partial charge >= 0.3 is 18.5 Å². The number of carbonyl (C=O) groups excluding carboxylic acids is 1. The third kappa shape index (κ3) is 10.8. The van der Waals surface area contributed by atoms with Crippen LogP contribution >= 0.6 is 0 Å². The molecule has 1 aromatic heterocycles. The van der Waals surface area contributed by atoms with Gasteiger partial charge in [0.25, 0.3) is 0 Å². The van der Waals surface area contributed by atoms with Crippen molar-refractivity contribution in [3.8, 4) is 5.75 Å². The van der Waals surface area contributed by atoms with Gasteiger partial charge in [0, 0.05) is 64.3 Å². The zero-order valence-corrected chi connectivity index (χ0v) is 25.0. The third-order valence-corrected chi connectivity index (χ3v) is 7.45. The van der Waals surface area contributed by atoms with E-state index in [2.05, 4.69) is 47.1 Å². The van der Waals surface area contributed by atoms with Crippen molar-refractivity contribution in [1.29, 1.82) is 0 Å². The Morgan fingerprint density at radius 2 is 1.60 bits per heavy atom. The molecule has 12 nitrogen and oxygen atoms in total. The number of benzene rings is 1. The van der Waals surface area contributed by atoms with Crippen LogP contribution in [0.1, 0.15) is 31.2 Å². The summed E-state index contributed by atoms with van der Waals surface area (Å²) in [7, 11) is 5.84. The van der Waals surface area contributed by atoms with E-state index in [1.165, 1.54) is 18.2 Å². The van der Waals surface area contributed by atoms with Crippen molar-refractivity contribution in [3.05, 3.63) is 29.8 Å². The number of hydrogen-bond donors (Lipinski definition) is 3. The Morgan fingerprint density at radius 1 is 1.00 bits per heavy atom. The van der Waals surface area contributed by atoms with Crippen molar-refractivity contribution in [2.24, 2.45) is 5.92 Å². The van der Waals surface area contributed by atoms with Crippen molar-refractivity contribution in [2.75, 3.05) is 62.4 Å². The Labute approximate surface area is 255 Å². The quantitative estimate of drug-likeness (QED) is 0.362. The number of nitrogens with one attached hydrogen (secondary N) is 2. The number of aromatic nitrogens is 3. The number of nitrogens with zero attached hydrogens (tertiary/aromatic N) is 6. The van der Waals surface area contributed by atoms with E-state index >= 15 is 0 Å². The highest BCUT2D eigenvalue weighted by molar-refractivity contribution is 5.78. The Balaban J connectivity index is 0.000000707. The maximum atomic E-state index is 12.8. The third-order valence-electron chi connectivity index (χ3n) is 7.45. The molecule has 0 bridgehead atoms. The number of rotatable bonds is 8. The minimum absolute atomic E-state index is 0.0301. The van der Waals surface area contributed by atoms with Crippen LogP contribution in [0, 0.1) is 5.92 Å². The first-order valence-electron chi connectivity index (χ1n) is 14.1. The number of ether oxygens (including phenoxy) is 1. The molecule has 45 heavy (non-hydrogen) atoms. The van der Waals surface area contributed by atoms with E-state index in [0.717, 1.165) is 39.0 Å². The average molecular weight is 651 g/mol. The molecule has 1 saturated carbocycles. The second-order valence-electron chi connectivity index (χ2n) is 10.6. The Hall–Kier alpha value is -4.09. The number of hydrogen-bond acceptors (Lipinski definition) is 10. The molecule has 2 aromatic rings. The molecule has 1 aliphatic heterocycles. The Kier molecular flexibility index (Phi) is 12.0. The highest BCUT2D eigenvalue weighted by Gasteiger charge is 2.38. The molecule has 1 aromatic carbocycles. The fourth-order valence-electron chi connectivity index (χ4n) is 4.86. The molecular weight excluding hydrogens is 614 g/mol. The zero-order chi connectivity index (χ0) is 33.4. The number of aliphatic carboxylic acids is 1. The number of anilines is 3. The van der Waals surface area contributed by atoms with Gasteiger partial charge in [0.05, 0.1) is 0 Å². The molecule has 0 unspecified atom stereocenters. The van der Waals surface area contributed by atoms with Gasteiger partial charge in [-0.05, 0) is 38.8 Å². The summed E-state index contributed by atoms with van der Waals surface area (Å²) in [4.78, 5) is 42.1. The van der Waals surface area contributed by atoms with Crippen LogP contribution in [0.2, 0.25) is 0 Å². The van der Waals surface area contributed by atoms with Crippen LogP contribution in [0.4, 0.5) is 44.2 Å². The van der Waals surface area contributed by atoms with Gasteiger partial charge in [0.15, 0.2) is 0 Å². The monoisotopic (exact) mass is 650 g/mol. The van der Waals surface area contributed by atoms with E-state index in [1.54, 1.807) is 13.1 Å². The van der Waals surface area contributed by atoms with Gasteiger partial charge in [-0.25, -0.2) is 4.79 Å². The summed E-state index contributed by atoms with van der Waals surface area (Å²) in [6, 6.07) is 5.99. The van der Waals surface area contributed by atoms with Gasteiger partial charge < -0.3 is 35.2 Å². The largest absolute Gasteiger partial charge is 0.573 e. The maximum absolute atomic E-state index is 12.8. The number of alkyl halides is 6. The zero-order valence-electron chi connectivity index (χ0n) is 25.0. The molecular formula is C27H36F6N8O4. The average Bonchev–Trinajstić information content (AvgIpc) is 2.99. The molecule has 1 aliphatic carbocycles. The van der Waals surface area contributed by atoms with Gasteiger partial charge in [0.2, 0.25) is 23.8 Å². The minimum atomic E-state index is -5.08. The van der Waals surface area contributed by atoms with Gasteiger partial charge in [-0.1, -0.05) is 18.2 Å². The van der Waals surface area contributed by atoms with Crippen LogP contribution in [0.25, 0.3) is 0 Å². The van der Waals surface area contributed by atoms with Crippen LogP contribution in [0.5, 0.6) is 5.75 Å². The summed E-state index contributed by atoms with van der Waals surface area (Å²) < 4.78 is 73.8. The fourth-order valence-corrected chi connectivity index (χ4v) is 4.86. The molecule has 1 saturated heterocycles. The lowest BCUT2D eigenvalue weighted by molar-refractivity contribution is -0.274. The van der Waals surface area contributed by atoms with Gasteiger partial charge in [-0.15, -0.1) is 13.2 Å². The van der Waals surface area contributed by atoms with Crippen LogP contribution in [0.3, 0.4) is 0 Å². The number of likely N-dealkylation sites (N-methyl/N-ethyl adjacent to an activating group) is 1. The summed E-state index contributed by atoms with van der Waals surface area (Å²) in [5, 5.41) is 12.9. The fraction of sp³-hybridized carbons (Fsp3) is 0.593. The summed E-state index contributed by atoms with van der Waals surface area (Å²) in [5.74, 6) is -1.68. The number of carbonyl (C=O) groups is 2. The number of piperazine rings is 1. The molecule has 0 atom stereocenters. The summed E-state index contributed by atoms with van der Waals surface area (Å²) >= 11 is 0. The summed E-state index contributed by atoms with van der Waals surface area (Å²) in [6.45, 7) is 3.55. The number of carboxylic acids is 1. The SMILES string of the molecule is CNc1nc(N2CCN(C)CC2)nc(N(C)C2CCC(C(=O)NCc3ccccc3OC(F)(F)F)CC2)n1.O=C(O)C(F)(F)F. The summed E-state index contributed by atoms with van der Waals surface area (Å²) in [6.07, 6.45) is -7.00. The van der Waals surface area contributed by atoms with Crippen LogP contribution < -0.4 is 25.2 Å². The predicted octanol–water partition coefficient (Wildman–Crippen LogP) is 3.51. The van der Waals surface area contributed by atoms with Crippen molar-refractivity contribution in [1.82, 2.24) is 25.2 Å². The molecule has 2 fully saturated rings. The lowest BCUT2D eigenvalue weighted by Crippen LogP contribution is -2.45. The van der Waals surface area contributed by atoms with Crippen molar-refractivity contribution >= 4 is 29.7 Å². The van der Waals surface area contributed by atoms with Crippen LogP contribution in [0.15, 0.2) is 24.3 Å². The molecule has 0 spiro atoms. The molecule has 1 amide bonds. The predicted molar refractivity (Wildman–Crippen MR) is 152 cm³/mol. The molecule has 3 N–H and O–H groups in total. The highest BCUT2D eigenvalue weighted by Crippen LogP contribution is 2.30. The number of carboxylic acid groups (broad SMARTS) is 1. The number of halogens is 6. The smallest absolute Gasteiger partial charge is 0.475 e. The molecule has 0 radical (unpaired) electrons. The lowest BCUT2D eigenvalue weighted by atomic mass is 9.85. The van der Waals surface area contributed by atoms with Crippen LogP contribution in [-0.4, -0.2) is 103 Å². The van der Waals surface area contributed by atoms with E-state index in [-0.39, 0.29) is 35.7 Å². The maximum Gasteiger partial charge on any atom is 0.573 e. The van der Waals surface area contributed by atoms with Crippen LogP contribution in [-0.2, 0) is 16.1 Å². The first-order valence-corrected chi connectivity index (χ1v) is 14.1. The first kappa shape index (κ1) is 35.4. The molecule has 18 heteroatoms. The van der Waals surface area contributed by atoms with Gasteiger partial charge in [-0.2, -0.15) is 28.1 Å². The van der Waals surface area contributed by atoms with E-state index in [1.807, 2.05) is 7.05 Å². The minimum Gasteiger partial charge on any atom is -0.475 e. The number of para-hydroxylation sites is 1. The van der Waals surface area contributed by atoms with E-state index in [4.69, 9.17) is 14.9 Å². The number of amides is 1. The van der Waals surface area contributed by atoms with Gasteiger partial charge in [-0.3, -0.25) is 4.79 Å². The van der Waals surface area contributed by atoms with Gasteiger partial charge in [0.1, 0.15) is 5.75 Å². The second kappa shape index (κ2) is 15.3.